The Labute approximate surface area is 124 Å². The maximum absolute atomic E-state index is 13.8. The highest BCUT2D eigenvalue weighted by Crippen LogP contribution is 2.42. The average Bonchev–Trinajstić information content (AvgIpc) is 2.47. The number of hydrogen-bond donors (Lipinski definition) is 1. The number of halogens is 2. The normalized spacial score (nSPS) is 19.9. The lowest BCUT2D eigenvalue weighted by atomic mass is 9.71. The molecule has 0 saturated carbocycles. The van der Waals surface area contributed by atoms with Crippen molar-refractivity contribution in [2.75, 3.05) is 5.32 Å². The minimum absolute atomic E-state index is 0.0190. The van der Waals surface area contributed by atoms with E-state index in [0.717, 1.165) is 18.9 Å². The first-order valence-electron chi connectivity index (χ1n) is 7.29. The fourth-order valence-electron chi connectivity index (χ4n) is 3.17. The largest absolute Gasteiger partial charge is 0.376 e. The Balaban J connectivity index is 1.96. The van der Waals surface area contributed by atoms with E-state index < -0.39 is 11.6 Å². The molecule has 0 radical (unpaired) electrons. The molecule has 1 aliphatic rings. The van der Waals surface area contributed by atoms with E-state index in [2.05, 4.69) is 31.3 Å². The summed E-state index contributed by atoms with van der Waals surface area (Å²) in [5, 5.41) is 3.17. The predicted octanol–water partition coefficient (Wildman–Crippen LogP) is 5.19. The third kappa shape index (κ3) is 2.53. The minimum Gasteiger partial charge on any atom is -0.376 e. The molecule has 1 unspecified atom stereocenters. The fourth-order valence-corrected chi connectivity index (χ4v) is 3.17. The molecule has 1 atom stereocenters. The van der Waals surface area contributed by atoms with Crippen LogP contribution in [0.1, 0.15) is 43.9 Å². The van der Waals surface area contributed by atoms with Crippen molar-refractivity contribution in [3.63, 3.8) is 0 Å². The molecule has 0 spiro atoms. The maximum Gasteiger partial charge on any atom is 0.181 e. The molecule has 1 aliphatic carbocycles. The monoisotopic (exact) mass is 287 g/mol. The summed E-state index contributed by atoms with van der Waals surface area (Å²) < 4.78 is 27.2. The zero-order valence-electron chi connectivity index (χ0n) is 12.3. The summed E-state index contributed by atoms with van der Waals surface area (Å²) in [6.07, 6.45) is 1.92. The first-order valence-corrected chi connectivity index (χ1v) is 7.29. The molecular weight excluding hydrogens is 268 g/mol. The first kappa shape index (κ1) is 14.1. The van der Waals surface area contributed by atoms with Gasteiger partial charge in [-0.05, 0) is 41.5 Å². The van der Waals surface area contributed by atoms with Gasteiger partial charge < -0.3 is 5.32 Å². The summed E-state index contributed by atoms with van der Waals surface area (Å²) in [7, 11) is 0. The summed E-state index contributed by atoms with van der Waals surface area (Å²) >= 11 is 0. The summed E-state index contributed by atoms with van der Waals surface area (Å²) in [6.45, 7) is 4.45. The Morgan fingerprint density at radius 2 is 1.81 bits per heavy atom. The van der Waals surface area contributed by atoms with Crippen molar-refractivity contribution in [2.24, 2.45) is 0 Å². The number of nitrogens with one attached hydrogen (secondary N) is 1. The van der Waals surface area contributed by atoms with E-state index >= 15 is 0 Å². The van der Waals surface area contributed by atoms with Gasteiger partial charge in [0.1, 0.15) is 0 Å². The second-order valence-corrected chi connectivity index (χ2v) is 6.31. The predicted molar refractivity (Wildman–Crippen MR) is 81.4 cm³/mol. The highest BCUT2D eigenvalue weighted by molar-refractivity contribution is 5.50. The summed E-state index contributed by atoms with van der Waals surface area (Å²) in [4.78, 5) is 0. The van der Waals surface area contributed by atoms with Gasteiger partial charge in [0.2, 0.25) is 0 Å². The standard InChI is InChI=1S/C18H19F2N/c1-18(2)11-10-15(12-6-3-4-7-13(12)18)21-16-9-5-8-14(19)17(16)20/h3-9,15,21H,10-11H2,1-2H3. The molecule has 0 aromatic heterocycles. The number of anilines is 1. The molecule has 0 aliphatic heterocycles. The van der Waals surface area contributed by atoms with Crippen LogP contribution in [0.15, 0.2) is 42.5 Å². The van der Waals surface area contributed by atoms with Gasteiger partial charge in [0.05, 0.1) is 11.7 Å². The minimum atomic E-state index is -0.815. The second-order valence-electron chi connectivity index (χ2n) is 6.31. The Bertz CT molecular complexity index is 664. The number of benzene rings is 2. The number of rotatable bonds is 2. The molecule has 0 saturated heterocycles. The quantitative estimate of drug-likeness (QED) is 0.801. The lowest BCUT2D eigenvalue weighted by molar-refractivity contribution is 0.405. The van der Waals surface area contributed by atoms with Crippen molar-refractivity contribution in [1.82, 2.24) is 0 Å². The zero-order chi connectivity index (χ0) is 15.0. The molecule has 3 heteroatoms. The van der Waals surface area contributed by atoms with E-state index in [1.807, 2.05) is 12.1 Å². The number of hydrogen-bond acceptors (Lipinski definition) is 1. The van der Waals surface area contributed by atoms with Gasteiger partial charge in [-0.15, -0.1) is 0 Å². The second kappa shape index (κ2) is 5.14. The van der Waals surface area contributed by atoms with Crippen molar-refractivity contribution in [1.29, 1.82) is 0 Å². The van der Waals surface area contributed by atoms with Crippen LogP contribution in [0.3, 0.4) is 0 Å². The van der Waals surface area contributed by atoms with Crippen LogP contribution in [0, 0.1) is 11.6 Å². The van der Waals surface area contributed by atoms with Crippen molar-refractivity contribution >= 4 is 5.69 Å². The van der Waals surface area contributed by atoms with Gasteiger partial charge in [-0.25, -0.2) is 8.78 Å². The SMILES string of the molecule is CC1(C)CCC(Nc2cccc(F)c2F)c2ccccc21. The number of fused-ring (bicyclic) bond motifs is 1. The summed E-state index contributed by atoms with van der Waals surface area (Å²) in [5.41, 5.74) is 2.81. The van der Waals surface area contributed by atoms with Crippen molar-refractivity contribution < 1.29 is 8.78 Å². The molecule has 2 aromatic carbocycles. The lowest BCUT2D eigenvalue weighted by Gasteiger charge is -2.37. The van der Waals surface area contributed by atoms with E-state index in [4.69, 9.17) is 0 Å². The molecule has 3 rings (SSSR count). The Morgan fingerprint density at radius 3 is 2.62 bits per heavy atom. The van der Waals surface area contributed by atoms with Gasteiger partial charge >= 0.3 is 0 Å². The van der Waals surface area contributed by atoms with Gasteiger partial charge in [0.15, 0.2) is 11.6 Å². The Kier molecular flexibility index (Phi) is 3.44. The Morgan fingerprint density at radius 1 is 1.05 bits per heavy atom. The molecule has 2 aromatic rings. The van der Waals surface area contributed by atoms with Gasteiger partial charge in [-0.3, -0.25) is 0 Å². The zero-order valence-corrected chi connectivity index (χ0v) is 12.3. The molecular formula is C18H19F2N. The van der Waals surface area contributed by atoms with Crippen LogP contribution in [0.4, 0.5) is 14.5 Å². The van der Waals surface area contributed by atoms with Crippen LogP contribution in [-0.4, -0.2) is 0 Å². The average molecular weight is 287 g/mol. The highest BCUT2D eigenvalue weighted by Gasteiger charge is 2.32. The molecule has 0 heterocycles. The van der Waals surface area contributed by atoms with Gasteiger partial charge in [-0.1, -0.05) is 44.2 Å². The van der Waals surface area contributed by atoms with Crippen LogP contribution >= 0.6 is 0 Å². The molecule has 1 nitrogen and oxygen atoms in total. The van der Waals surface area contributed by atoms with E-state index in [1.54, 1.807) is 6.07 Å². The first-order chi connectivity index (χ1) is 9.99. The van der Waals surface area contributed by atoms with Gasteiger partial charge in [-0.2, -0.15) is 0 Å². The summed E-state index contributed by atoms with van der Waals surface area (Å²) in [5.74, 6) is -1.62. The van der Waals surface area contributed by atoms with E-state index in [-0.39, 0.29) is 17.1 Å². The van der Waals surface area contributed by atoms with E-state index in [9.17, 15) is 8.78 Å². The van der Waals surface area contributed by atoms with Crippen LogP contribution < -0.4 is 5.32 Å². The molecule has 110 valence electrons. The van der Waals surface area contributed by atoms with Crippen molar-refractivity contribution in [3.05, 3.63) is 65.2 Å². The topological polar surface area (TPSA) is 12.0 Å². The smallest absolute Gasteiger partial charge is 0.181 e. The van der Waals surface area contributed by atoms with Crippen LogP contribution in [0.25, 0.3) is 0 Å². The third-order valence-corrected chi connectivity index (χ3v) is 4.40. The highest BCUT2D eigenvalue weighted by atomic mass is 19.2. The lowest BCUT2D eigenvalue weighted by Crippen LogP contribution is -2.29. The van der Waals surface area contributed by atoms with Crippen LogP contribution in [-0.2, 0) is 5.41 Å². The molecule has 0 bridgehead atoms. The molecule has 0 amide bonds. The molecule has 0 fully saturated rings. The molecule has 1 N–H and O–H groups in total. The van der Waals surface area contributed by atoms with Crippen molar-refractivity contribution in [3.8, 4) is 0 Å². The van der Waals surface area contributed by atoms with E-state index in [0.29, 0.717) is 0 Å². The molecule has 21 heavy (non-hydrogen) atoms. The van der Waals surface area contributed by atoms with Gasteiger partial charge in [0.25, 0.3) is 0 Å². The van der Waals surface area contributed by atoms with Crippen LogP contribution in [0.2, 0.25) is 0 Å². The van der Waals surface area contributed by atoms with Gasteiger partial charge in [0, 0.05) is 0 Å². The van der Waals surface area contributed by atoms with E-state index in [1.165, 1.54) is 17.2 Å². The fraction of sp³-hybridized carbons (Fsp3) is 0.333. The maximum atomic E-state index is 13.8. The summed E-state index contributed by atoms with van der Waals surface area (Å²) in [6, 6.07) is 12.5. The Hall–Kier alpha value is -1.90. The van der Waals surface area contributed by atoms with Crippen molar-refractivity contribution in [2.45, 2.75) is 38.1 Å². The third-order valence-electron chi connectivity index (χ3n) is 4.40. The van der Waals surface area contributed by atoms with Crippen LogP contribution in [0.5, 0.6) is 0 Å².